The third-order valence-corrected chi connectivity index (χ3v) is 6.61. The van der Waals surface area contributed by atoms with E-state index in [1.807, 2.05) is 27.7 Å². The summed E-state index contributed by atoms with van der Waals surface area (Å²) < 4.78 is 18.0. The van der Waals surface area contributed by atoms with Crippen molar-refractivity contribution in [3.05, 3.63) is 0 Å². The zero-order chi connectivity index (χ0) is 22.5. The van der Waals surface area contributed by atoms with Crippen LogP contribution in [0.25, 0.3) is 0 Å². The van der Waals surface area contributed by atoms with E-state index in [2.05, 4.69) is 9.80 Å². The van der Waals surface area contributed by atoms with Gasteiger partial charge in [0.25, 0.3) is 5.85 Å². The summed E-state index contributed by atoms with van der Waals surface area (Å²) in [6.45, 7) is 11.4. The molecule has 0 aromatic heterocycles. The fraction of sp³-hybridized carbons (Fsp3) is 0.917. The Morgan fingerprint density at radius 3 is 1.84 bits per heavy atom. The van der Waals surface area contributed by atoms with Gasteiger partial charge in [-0.1, -0.05) is 6.42 Å². The lowest BCUT2D eigenvalue weighted by molar-refractivity contribution is -0.279. The first-order valence-corrected chi connectivity index (χ1v) is 12.3. The van der Waals surface area contributed by atoms with Crippen LogP contribution in [-0.2, 0) is 23.8 Å². The summed E-state index contributed by atoms with van der Waals surface area (Å²) in [6, 6.07) is 0. The quantitative estimate of drug-likeness (QED) is 0.561. The molecule has 0 N–H and O–H groups in total. The number of likely N-dealkylation sites (tertiary alicyclic amines) is 2. The number of rotatable bonds is 7. The average molecular weight is 439 g/mol. The zero-order valence-corrected chi connectivity index (χ0v) is 20.0. The molecule has 3 aliphatic rings. The number of hydrogen-bond donors (Lipinski definition) is 0. The van der Waals surface area contributed by atoms with Crippen LogP contribution in [0.15, 0.2) is 0 Å². The van der Waals surface area contributed by atoms with Gasteiger partial charge < -0.3 is 14.2 Å². The van der Waals surface area contributed by atoms with Crippen molar-refractivity contribution in [3.8, 4) is 0 Å². The molecule has 1 unspecified atom stereocenters. The highest BCUT2D eigenvalue weighted by molar-refractivity contribution is 5.79. The maximum absolute atomic E-state index is 13.8. The van der Waals surface area contributed by atoms with E-state index >= 15 is 0 Å². The van der Waals surface area contributed by atoms with Crippen LogP contribution in [0.4, 0.5) is 0 Å². The Labute approximate surface area is 187 Å². The minimum atomic E-state index is -1.16. The first-order valence-electron chi connectivity index (χ1n) is 12.3. The van der Waals surface area contributed by atoms with E-state index < -0.39 is 11.4 Å². The second-order valence-corrected chi connectivity index (χ2v) is 10.2. The van der Waals surface area contributed by atoms with Gasteiger partial charge >= 0.3 is 11.9 Å². The average Bonchev–Trinajstić information content (AvgIpc) is 3.27. The fourth-order valence-electron chi connectivity index (χ4n) is 5.13. The Balaban J connectivity index is 1.82. The van der Waals surface area contributed by atoms with E-state index in [0.29, 0.717) is 6.61 Å². The predicted octanol–water partition coefficient (Wildman–Crippen LogP) is 3.70. The van der Waals surface area contributed by atoms with Crippen LogP contribution in [0.3, 0.4) is 0 Å². The molecule has 3 fully saturated rings. The van der Waals surface area contributed by atoms with Gasteiger partial charge in [0.15, 0.2) is 0 Å². The number of ether oxygens (including phenoxy) is 3. The van der Waals surface area contributed by atoms with Gasteiger partial charge in [-0.3, -0.25) is 14.6 Å². The Kier molecular flexibility index (Phi) is 8.38. The molecule has 1 saturated carbocycles. The van der Waals surface area contributed by atoms with Crippen molar-refractivity contribution in [1.29, 1.82) is 0 Å². The lowest BCUT2D eigenvalue weighted by atomic mass is 9.87. The van der Waals surface area contributed by atoms with Gasteiger partial charge in [-0.15, -0.1) is 0 Å². The molecule has 0 amide bonds. The van der Waals surface area contributed by atoms with Crippen molar-refractivity contribution >= 4 is 11.9 Å². The molecule has 3 rings (SSSR count). The maximum atomic E-state index is 13.8. The zero-order valence-electron chi connectivity index (χ0n) is 20.0. The smallest absolute Gasteiger partial charge is 0.371 e. The summed E-state index contributed by atoms with van der Waals surface area (Å²) in [5.74, 6) is -1.60. The summed E-state index contributed by atoms with van der Waals surface area (Å²) in [7, 11) is 0. The maximum Gasteiger partial charge on any atom is 0.371 e. The molecule has 0 spiro atoms. The third-order valence-electron chi connectivity index (χ3n) is 6.61. The highest BCUT2D eigenvalue weighted by atomic mass is 16.6. The van der Waals surface area contributed by atoms with Crippen LogP contribution in [0.1, 0.15) is 85.5 Å². The molecule has 0 aromatic carbocycles. The Morgan fingerprint density at radius 2 is 1.35 bits per heavy atom. The van der Waals surface area contributed by atoms with E-state index in [1.54, 1.807) is 0 Å². The minimum Gasteiger partial charge on any atom is -0.466 e. The van der Waals surface area contributed by atoms with Crippen molar-refractivity contribution in [1.82, 2.24) is 9.80 Å². The molecule has 0 bridgehead atoms. The molecular formula is C24H42N2O5. The van der Waals surface area contributed by atoms with Crippen molar-refractivity contribution in [2.75, 3.05) is 32.8 Å². The van der Waals surface area contributed by atoms with Crippen LogP contribution in [0, 0.1) is 5.92 Å². The second-order valence-electron chi connectivity index (χ2n) is 10.2. The van der Waals surface area contributed by atoms with Crippen LogP contribution < -0.4 is 0 Å². The molecule has 0 radical (unpaired) electrons. The molecular weight excluding hydrogens is 396 g/mol. The molecule has 31 heavy (non-hydrogen) atoms. The summed E-state index contributed by atoms with van der Waals surface area (Å²) in [4.78, 5) is 30.4. The first kappa shape index (κ1) is 24.5. The van der Waals surface area contributed by atoms with Crippen LogP contribution in [0.2, 0.25) is 0 Å². The molecule has 1 atom stereocenters. The van der Waals surface area contributed by atoms with E-state index in [1.165, 1.54) is 6.42 Å². The van der Waals surface area contributed by atoms with Gasteiger partial charge in [0.1, 0.15) is 5.60 Å². The van der Waals surface area contributed by atoms with Gasteiger partial charge in [-0.25, -0.2) is 4.79 Å². The lowest BCUT2D eigenvalue weighted by Crippen LogP contribution is -2.69. The highest BCUT2D eigenvalue weighted by Gasteiger charge is 2.55. The number of carbonyl (C=O) groups excluding carboxylic acids is 2. The molecule has 178 valence electrons. The summed E-state index contributed by atoms with van der Waals surface area (Å²) >= 11 is 0. The number of esters is 2. The van der Waals surface area contributed by atoms with Crippen molar-refractivity contribution in [3.63, 3.8) is 0 Å². The fourth-order valence-corrected chi connectivity index (χ4v) is 5.13. The number of carbonyl (C=O) groups is 2. The predicted molar refractivity (Wildman–Crippen MR) is 118 cm³/mol. The summed E-state index contributed by atoms with van der Waals surface area (Å²) in [5, 5.41) is 0. The van der Waals surface area contributed by atoms with Crippen LogP contribution in [-0.4, -0.2) is 72.1 Å². The molecule has 0 aromatic rings. The van der Waals surface area contributed by atoms with Gasteiger partial charge in [0, 0.05) is 26.2 Å². The van der Waals surface area contributed by atoms with Crippen molar-refractivity contribution < 1.29 is 23.8 Å². The summed E-state index contributed by atoms with van der Waals surface area (Å²) in [5.41, 5.74) is -0.581. The van der Waals surface area contributed by atoms with Gasteiger partial charge in [-0.2, -0.15) is 0 Å². The Hall–Kier alpha value is -1.18. The number of piperidine rings is 1. The van der Waals surface area contributed by atoms with E-state index in [0.717, 1.165) is 77.5 Å². The van der Waals surface area contributed by atoms with Crippen molar-refractivity contribution in [2.45, 2.75) is 103 Å². The third kappa shape index (κ3) is 5.99. The Bertz CT molecular complexity index is 600. The van der Waals surface area contributed by atoms with Crippen LogP contribution in [0.5, 0.6) is 0 Å². The van der Waals surface area contributed by atoms with Gasteiger partial charge in [-0.05, 0) is 79.1 Å². The first-order chi connectivity index (χ1) is 14.8. The lowest BCUT2D eigenvalue weighted by Gasteiger charge is -2.50. The SMILES string of the molecule is CCOC(=O)C1CCC(OC(C(=O)OC(C)(C)C)(N2CCCCC2)N2CCCC2)CC1. The Morgan fingerprint density at radius 1 is 0.839 bits per heavy atom. The van der Waals surface area contributed by atoms with E-state index in [9.17, 15) is 9.59 Å². The minimum absolute atomic E-state index is 0.0579. The molecule has 2 heterocycles. The monoisotopic (exact) mass is 438 g/mol. The van der Waals surface area contributed by atoms with Crippen LogP contribution >= 0.6 is 0 Å². The highest BCUT2D eigenvalue weighted by Crippen LogP contribution is 2.37. The van der Waals surface area contributed by atoms with Gasteiger partial charge in [0.2, 0.25) is 0 Å². The second kappa shape index (κ2) is 10.6. The molecule has 2 aliphatic heterocycles. The number of nitrogens with zero attached hydrogens (tertiary/aromatic N) is 2. The topological polar surface area (TPSA) is 68.3 Å². The largest absolute Gasteiger partial charge is 0.466 e. The molecule has 7 heteroatoms. The van der Waals surface area contributed by atoms with Gasteiger partial charge in [0.05, 0.1) is 18.6 Å². The molecule has 2 saturated heterocycles. The summed E-state index contributed by atoms with van der Waals surface area (Å²) in [6.07, 6.45) is 8.39. The standard InChI is InChI=1S/C24H42N2O5/c1-5-29-21(27)19-11-13-20(14-12-19)30-24(26-17-9-10-18-26,22(28)31-23(2,3)4)25-15-7-6-8-16-25/h19-20H,5-18H2,1-4H3. The van der Waals surface area contributed by atoms with Crippen molar-refractivity contribution in [2.24, 2.45) is 5.92 Å². The number of hydrogen-bond acceptors (Lipinski definition) is 7. The molecule has 1 aliphatic carbocycles. The van der Waals surface area contributed by atoms with E-state index in [-0.39, 0.29) is 24.0 Å². The molecule has 7 nitrogen and oxygen atoms in total. The van der Waals surface area contributed by atoms with E-state index in [4.69, 9.17) is 14.2 Å². The normalized spacial score (nSPS) is 28.1.